The lowest BCUT2D eigenvalue weighted by Crippen LogP contribution is -2.20. The monoisotopic (exact) mass is 262 g/mol. The summed E-state index contributed by atoms with van der Waals surface area (Å²) in [7, 11) is 0. The SMILES string of the molecule is CC(=O)C(Cl)(Cl)SC(=O)c1ccccc1. The second-order valence-corrected chi connectivity index (χ2v) is 5.79. The number of ketones is 1. The van der Waals surface area contributed by atoms with Gasteiger partial charge in [0.25, 0.3) is 0 Å². The highest BCUT2D eigenvalue weighted by atomic mass is 35.5. The Morgan fingerprint density at radius 1 is 1.20 bits per heavy atom. The lowest BCUT2D eigenvalue weighted by Gasteiger charge is -2.13. The minimum Gasteiger partial charge on any atom is -0.296 e. The summed E-state index contributed by atoms with van der Waals surface area (Å²) in [6.45, 7) is 1.24. The molecule has 0 aliphatic carbocycles. The van der Waals surface area contributed by atoms with E-state index in [9.17, 15) is 9.59 Å². The van der Waals surface area contributed by atoms with E-state index in [-0.39, 0.29) is 5.12 Å². The number of carbonyl (C=O) groups excluding carboxylic acids is 2. The highest BCUT2D eigenvalue weighted by molar-refractivity contribution is 8.18. The molecular formula is C10H8Cl2O2S. The number of Topliss-reactive ketones (excluding diaryl/α,β-unsaturated/α-hetero) is 1. The third kappa shape index (κ3) is 3.52. The Hall–Kier alpha value is -0.510. The van der Waals surface area contributed by atoms with E-state index in [1.807, 2.05) is 0 Å². The molecule has 1 aromatic rings. The number of thioether (sulfide) groups is 1. The van der Waals surface area contributed by atoms with Crippen LogP contribution in [0.25, 0.3) is 0 Å². The maximum atomic E-state index is 11.6. The molecule has 0 aliphatic rings. The minimum absolute atomic E-state index is 0.323. The molecule has 5 heteroatoms. The van der Waals surface area contributed by atoms with Gasteiger partial charge in [-0.15, -0.1) is 0 Å². The van der Waals surface area contributed by atoms with Crippen LogP contribution in [0, 0.1) is 0 Å². The van der Waals surface area contributed by atoms with E-state index in [2.05, 4.69) is 0 Å². The van der Waals surface area contributed by atoms with Crippen molar-refractivity contribution < 1.29 is 9.59 Å². The van der Waals surface area contributed by atoms with Gasteiger partial charge in [-0.2, -0.15) is 0 Å². The van der Waals surface area contributed by atoms with Crippen molar-refractivity contribution in [3.8, 4) is 0 Å². The molecule has 0 saturated carbocycles. The summed E-state index contributed by atoms with van der Waals surface area (Å²) in [5.41, 5.74) is 0.467. The first-order valence-corrected chi connectivity index (χ1v) is 5.68. The zero-order valence-corrected chi connectivity index (χ0v) is 10.2. The fourth-order valence-electron chi connectivity index (χ4n) is 0.821. The summed E-state index contributed by atoms with van der Waals surface area (Å²) >= 11 is 12.0. The quantitative estimate of drug-likeness (QED) is 0.785. The fraction of sp³-hybridized carbons (Fsp3) is 0.200. The number of rotatable bonds is 3. The van der Waals surface area contributed by atoms with Crippen LogP contribution in [-0.2, 0) is 4.79 Å². The minimum atomic E-state index is -1.70. The van der Waals surface area contributed by atoms with E-state index in [0.717, 1.165) is 0 Å². The molecular weight excluding hydrogens is 255 g/mol. The number of alkyl halides is 2. The molecule has 0 atom stereocenters. The largest absolute Gasteiger partial charge is 0.296 e. The van der Waals surface area contributed by atoms with E-state index >= 15 is 0 Å². The van der Waals surface area contributed by atoms with Gasteiger partial charge in [0.1, 0.15) is 0 Å². The summed E-state index contributed by atoms with van der Waals surface area (Å²) < 4.78 is -1.70. The molecule has 0 fully saturated rings. The van der Waals surface area contributed by atoms with Gasteiger partial charge in [-0.25, -0.2) is 0 Å². The van der Waals surface area contributed by atoms with Crippen LogP contribution in [0.1, 0.15) is 17.3 Å². The van der Waals surface area contributed by atoms with Gasteiger partial charge < -0.3 is 0 Å². The maximum absolute atomic E-state index is 11.6. The molecule has 0 amide bonds. The molecule has 0 spiro atoms. The maximum Gasteiger partial charge on any atom is 0.228 e. The summed E-state index contributed by atoms with van der Waals surface area (Å²) in [4.78, 5) is 22.6. The molecule has 1 aromatic carbocycles. The molecule has 0 heterocycles. The Morgan fingerprint density at radius 2 is 1.73 bits per heavy atom. The molecule has 15 heavy (non-hydrogen) atoms. The number of halogens is 2. The van der Waals surface area contributed by atoms with E-state index < -0.39 is 9.45 Å². The van der Waals surface area contributed by atoms with E-state index in [4.69, 9.17) is 23.2 Å². The van der Waals surface area contributed by atoms with Crippen molar-refractivity contribution in [2.24, 2.45) is 0 Å². The number of carbonyl (C=O) groups is 2. The Balaban J connectivity index is 2.77. The van der Waals surface area contributed by atoms with Crippen LogP contribution in [0.5, 0.6) is 0 Å². The summed E-state index contributed by atoms with van der Waals surface area (Å²) in [5.74, 6) is -0.458. The van der Waals surface area contributed by atoms with Crippen LogP contribution in [0.15, 0.2) is 30.3 Å². The second-order valence-electron chi connectivity index (χ2n) is 2.83. The second kappa shape index (κ2) is 5.01. The van der Waals surface area contributed by atoms with Gasteiger partial charge in [0, 0.05) is 5.56 Å². The molecule has 0 saturated heterocycles. The first kappa shape index (κ1) is 12.6. The van der Waals surface area contributed by atoms with Crippen molar-refractivity contribution in [1.29, 1.82) is 0 Å². The summed E-state index contributed by atoms with van der Waals surface area (Å²) in [6.07, 6.45) is 0. The lowest BCUT2D eigenvalue weighted by atomic mass is 10.2. The first-order chi connectivity index (χ1) is 6.93. The number of hydrogen-bond donors (Lipinski definition) is 0. The van der Waals surface area contributed by atoms with Gasteiger partial charge in [-0.1, -0.05) is 53.5 Å². The third-order valence-corrected chi connectivity index (χ3v) is 3.60. The van der Waals surface area contributed by atoms with Crippen molar-refractivity contribution in [3.05, 3.63) is 35.9 Å². The zero-order chi connectivity index (χ0) is 11.5. The van der Waals surface area contributed by atoms with Crippen LogP contribution in [0.4, 0.5) is 0 Å². The van der Waals surface area contributed by atoms with Gasteiger partial charge in [0.15, 0.2) is 5.78 Å². The normalized spacial score (nSPS) is 11.1. The van der Waals surface area contributed by atoms with Crippen molar-refractivity contribution in [3.63, 3.8) is 0 Å². The Labute approximate surface area is 102 Å². The Kier molecular flexibility index (Phi) is 4.20. The number of benzene rings is 1. The average molecular weight is 263 g/mol. The Morgan fingerprint density at radius 3 is 2.20 bits per heavy atom. The van der Waals surface area contributed by atoms with Gasteiger partial charge in [-0.3, -0.25) is 9.59 Å². The summed E-state index contributed by atoms with van der Waals surface area (Å²) in [5, 5.41) is -0.323. The van der Waals surface area contributed by atoms with Crippen molar-refractivity contribution in [1.82, 2.24) is 0 Å². The zero-order valence-electron chi connectivity index (χ0n) is 7.87. The van der Waals surface area contributed by atoms with Crippen LogP contribution in [-0.4, -0.2) is 14.6 Å². The van der Waals surface area contributed by atoms with Crippen LogP contribution in [0.2, 0.25) is 0 Å². The smallest absolute Gasteiger partial charge is 0.228 e. The molecule has 0 aromatic heterocycles. The van der Waals surface area contributed by atoms with Crippen molar-refractivity contribution >= 4 is 45.9 Å². The van der Waals surface area contributed by atoms with Crippen LogP contribution in [0.3, 0.4) is 0 Å². The van der Waals surface area contributed by atoms with Crippen LogP contribution < -0.4 is 0 Å². The topological polar surface area (TPSA) is 34.1 Å². The van der Waals surface area contributed by atoms with Gasteiger partial charge >= 0.3 is 0 Å². The molecule has 0 radical (unpaired) electrons. The predicted molar refractivity (Wildman–Crippen MR) is 63.5 cm³/mol. The molecule has 2 nitrogen and oxygen atoms in total. The van der Waals surface area contributed by atoms with Gasteiger partial charge in [0.2, 0.25) is 8.78 Å². The summed E-state index contributed by atoms with van der Waals surface area (Å²) in [6, 6.07) is 8.52. The molecule has 0 unspecified atom stereocenters. The van der Waals surface area contributed by atoms with E-state index in [0.29, 0.717) is 17.3 Å². The van der Waals surface area contributed by atoms with Gasteiger partial charge in [-0.05, 0) is 18.7 Å². The van der Waals surface area contributed by atoms with Crippen LogP contribution >= 0.6 is 35.0 Å². The third-order valence-electron chi connectivity index (χ3n) is 1.64. The average Bonchev–Trinajstić information content (AvgIpc) is 2.18. The molecule has 1 rings (SSSR count). The standard InChI is InChI=1S/C10H8Cl2O2S/c1-7(13)10(11,12)15-9(14)8-5-3-2-4-6-8/h2-6H,1H3. The molecule has 80 valence electrons. The fourth-order valence-corrected chi connectivity index (χ4v) is 1.87. The molecule has 0 bridgehead atoms. The van der Waals surface area contributed by atoms with E-state index in [1.165, 1.54) is 6.92 Å². The van der Waals surface area contributed by atoms with Crippen molar-refractivity contribution in [2.45, 2.75) is 10.6 Å². The van der Waals surface area contributed by atoms with Crippen molar-refractivity contribution in [2.75, 3.05) is 0 Å². The van der Waals surface area contributed by atoms with E-state index in [1.54, 1.807) is 30.3 Å². The number of hydrogen-bond acceptors (Lipinski definition) is 3. The first-order valence-electron chi connectivity index (χ1n) is 4.11. The Bertz CT molecular complexity index is 376. The highest BCUT2D eigenvalue weighted by Gasteiger charge is 2.34. The molecule has 0 N–H and O–H groups in total. The predicted octanol–water partition coefficient (Wildman–Crippen LogP) is 3.28. The highest BCUT2D eigenvalue weighted by Crippen LogP contribution is 2.37. The molecule has 0 aliphatic heterocycles. The van der Waals surface area contributed by atoms with Gasteiger partial charge in [0.05, 0.1) is 0 Å². The lowest BCUT2D eigenvalue weighted by molar-refractivity contribution is -0.116.